The summed E-state index contributed by atoms with van der Waals surface area (Å²) >= 11 is 15.4. The summed E-state index contributed by atoms with van der Waals surface area (Å²) in [5.41, 5.74) is 0.938. The first-order chi connectivity index (χ1) is 14.4. The van der Waals surface area contributed by atoms with Gasteiger partial charge in [-0.25, -0.2) is 8.42 Å². The van der Waals surface area contributed by atoms with Crippen LogP contribution >= 0.6 is 39.1 Å². The van der Waals surface area contributed by atoms with Crippen molar-refractivity contribution in [1.29, 1.82) is 0 Å². The highest BCUT2D eigenvalue weighted by atomic mass is 79.9. The molecule has 11 heteroatoms. The summed E-state index contributed by atoms with van der Waals surface area (Å²) in [5.74, 6) is -0.928. The lowest BCUT2D eigenvalue weighted by Gasteiger charge is -2.31. The Kier molecular flexibility index (Phi) is 8.76. The van der Waals surface area contributed by atoms with Gasteiger partial charge in [0.1, 0.15) is 12.6 Å². The van der Waals surface area contributed by atoms with Crippen molar-refractivity contribution in [1.82, 2.24) is 10.2 Å². The van der Waals surface area contributed by atoms with Crippen molar-refractivity contribution >= 4 is 66.7 Å². The molecule has 2 aromatic rings. The smallest absolute Gasteiger partial charge is 0.244 e. The van der Waals surface area contributed by atoms with Crippen LogP contribution in [0.2, 0.25) is 10.0 Å². The second-order valence-corrected chi connectivity index (χ2v) is 10.5. The van der Waals surface area contributed by atoms with Crippen molar-refractivity contribution in [3.8, 4) is 0 Å². The van der Waals surface area contributed by atoms with Crippen LogP contribution < -0.4 is 9.62 Å². The zero-order valence-electron chi connectivity index (χ0n) is 17.1. The number of benzene rings is 2. The molecule has 0 radical (unpaired) electrons. The van der Waals surface area contributed by atoms with Gasteiger partial charge >= 0.3 is 0 Å². The molecule has 2 amide bonds. The Bertz CT molecular complexity index is 1040. The molecule has 2 rings (SSSR count). The summed E-state index contributed by atoms with van der Waals surface area (Å²) in [5, 5.41) is 2.98. The SMILES string of the molecule is CNC(=O)C(C)N(Cc1ccc(Br)cc1)C(=O)CN(c1cc(Cl)cc(Cl)c1)S(C)(=O)=O. The number of sulfonamides is 1. The highest BCUT2D eigenvalue weighted by Gasteiger charge is 2.29. The molecular formula is C20H22BrCl2N3O4S. The molecule has 0 fully saturated rings. The van der Waals surface area contributed by atoms with Crippen LogP contribution in [0.3, 0.4) is 0 Å². The second-order valence-electron chi connectivity index (χ2n) is 6.84. The number of nitrogens with one attached hydrogen (secondary N) is 1. The van der Waals surface area contributed by atoms with E-state index in [1.807, 2.05) is 24.3 Å². The monoisotopic (exact) mass is 549 g/mol. The molecule has 1 atom stereocenters. The van der Waals surface area contributed by atoms with Gasteiger partial charge in [-0.2, -0.15) is 0 Å². The second kappa shape index (κ2) is 10.7. The topological polar surface area (TPSA) is 86.8 Å². The number of anilines is 1. The maximum absolute atomic E-state index is 13.2. The maximum Gasteiger partial charge on any atom is 0.244 e. The van der Waals surface area contributed by atoms with Crippen molar-refractivity contribution < 1.29 is 18.0 Å². The minimum absolute atomic E-state index is 0.120. The molecule has 1 unspecified atom stereocenters. The Balaban J connectivity index is 2.40. The van der Waals surface area contributed by atoms with Crippen LogP contribution in [-0.2, 0) is 26.2 Å². The Morgan fingerprint density at radius 2 is 1.65 bits per heavy atom. The van der Waals surface area contributed by atoms with Crippen LogP contribution in [0, 0.1) is 0 Å². The molecule has 0 aromatic heterocycles. The van der Waals surface area contributed by atoms with Gasteiger partial charge in [-0.05, 0) is 42.8 Å². The first kappa shape index (κ1) is 25.5. The number of carbonyl (C=O) groups excluding carboxylic acids is 2. The Morgan fingerprint density at radius 3 is 2.13 bits per heavy atom. The fourth-order valence-corrected chi connectivity index (χ4v) is 4.49. The van der Waals surface area contributed by atoms with E-state index in [0.29, 0.717) is 0 Å². The molecule has 31 heavy (non-hydrogen) atoms. The molecule has 0 saturated heterocycles. The number of likely N-dealkylation sites (N-methyl/N-ethyl adjacent to an activating group) is 1. The van der Waals surface area contributed by atoms with Crippen molar-refractivity contribution in [2.24, 2.45) is 0 Å². The standard InChI is InChI=1S/C20H22BrCl2N3O4S/c1-13(20(28)24-2)25(11-14-4-6-15(21)7-5-14)19(27)12-26(31(3,29)30)18-9-16(22)8-17(23)10-18/h4-10,13H,11-12H2,1-3H3,(H,24,28). The summed E-state index contributed by atoms with van der Waals surface area (Å²) in [4.78, 5) is 26.8. The normalized spacial score (nSPS) is 12.2. The lowest BCUT2D eigenvalue weighted by Crippen LogP contribution is -2.50. The first-order valence-corrected chi connectivity index (χ1v) is 12.5. The van der Waals surface area contributed by atoms with Crippen LogP contribution in [0.15, 0.2) is 46.9 Å². The van der Waals surface area contributed by atoms with Crippen molar-refractivity contribution in [3.63, 3.8) is 0 Å². The zero-order chi connectivity index (χ0) is 23.3. The average molecular weight is 551 g/mol. The van der Waals surface area contributed by atoms with Crippen molar-refractivity contribution in [3.05, 3.63) is 62.5 Å². The van der Waals surface area contributed by atoms with E-state index in [9.17, 15) is 18.0 Å². The lowest BCUT2D eigenvalue weighted by atomic mass is 10.1. The van der Waals surface area contributed by atoms with Gasteiger partial charge in [0.05, 0.1) is 11.9 Å². The van der Waals surface area contributed by atoms with E-state index in [1.54, 1.807) is 6.92 Å². The summed E-state index contributed by atoms with van der Waals surface area (Å²) in [7, 11) is -2.38. The largest absolute Gasteiger partial charge is 0.357 e. The molecule has 0 saturated carbocycles. The van der Waals surface area contributed by atoms with Crippen molar-refractivity contribution in [2.45, 2.75) is 19.5 Å². The number of hydrogen-bond acceptors (Lipinski definition) is 4. The summed E-state index contributed by atoms with van der Waals surface area (Å²) in [6.45, 7) is 1.18. The van der Waals surface area contributed by atoms with E-state index in [0.717, 1.165) is 20.6 Å². The predicted octanol–water partition coefficient (Wildman–Crippen LogP) is 3.69. The Labute approximate surface area is 200 Å². The van der Waals surface area contributed by atoms with Crippen molar-refractivity contribution in [2.75, 3.05) is 24.2 Å². The molecule has 2 aromatic carbocycles. The molecule has 0 spiro atoms. The number of hydrogen-bond donors (Lipinski definition) is 1. The first-order valence-electron chi connectivity index (χ1n) is 9.11. The molecule has 0 heterocycles. The molecule has 0 aliphatic rings. The van der Waals surface area contributed by atoms with E-state index in [1.165, 1.54) is 30.1 Å². The molecule has 0 bridgehead atoms. The highest BCUT2D eigenvalue weighted by molar-refractivity contribution is 9.10. The van der Waals surface area contributed by atoms with E-state index in [2.05, 4.69) is 21.2 Å². The number of halogens is 3. The fraction of sp³-hybridized carbons (Fsp3) is 0.300. The molecule has 0 aliphatic carbocycles. The quantitative estimate of drug-likeness (QED) is 0.543. The Morgan fingerprint density at radius 1 is 1.10 bits per heavy atom. The zero-order valence-corrected chi connectivity index (χ0v) is 21.0. The van der Waals surface area contributed by atoms with Gasteiger partial charge in [0.2, 0.25) is 21.8 Å². The summed E-state index contributed by atoms with van der Waals surface area (Å²) < 4.78 is 26.7. The van der Waals surface area contributed by atoms with Crippen LogP contribution in [0.5, 0.6) is 0 Å². The average Bonchev–Trinajstić information content (AvgIpc) is 2.68. The van der Waals surface area contributed by atoms with E-state index < -0.39 is 28.5 Å². The predicted molar refractivity (Wildman–Crippen MR) is 127 cm³/mol. The summed E-state index contributed by atoms with van der Waals surface area (Å²) in [6.07, 6.45) is 0.982. The molecule has 0 aliphatic heterocycles. The molecule has 1 N–H and O–H groups in total. The van der Waals surface area contributed by atoms with Gasteiger partial charge in [0, 0.05) is 28.1 Å². The minimum atomic E-state index is -3.85. The fourth-order valence-electron chi connectivity index (χ4n) is 2.87. The van der Waals surface area contributed by atoms with Crippen LogP contribution in [0.1, 0.15) is 12.5 Å². The third-order valence-electron chi connectivity index (χ3n) is 4.49. The molecule has 7 nitrogen and oxygen atoms in total. The lowest BCUT2D eigenvalue weighted by molar-refractivity contribution is -0.139. The van der Waals surface area contributed by atoms with Crippen LogP contribution in [-0.4, -0.2) is 51.0 Å². The molecular weight excluding hydrogens is 529 g/mol. The molecule has 168 valence electrons. The van der Waals surface area contributed by atoms with E-state index in [4.69, 9.17) is 23.2 Å². The van der Waals surface area contributed by atoms with Gasteiger partial charge < -0.3 is 10.2 Å². The number of rotatable bonds is 8. The Hall–Kier alpha value is -1.81. The minimum Gasteiger partial charge on any atom is -0.357 e. The third-order valence-corrected chi connectivity index (χ3v) is 6.60. The highest BCUT2D eigenvalue weighted by Crippen LogP contribution is 2.27. The van der Waals surface area contributed by atoms with Gasteiger partial charge in [0.25, 0.3) is 0 Å². The van der Waals surface area contributed by atoms with Crippen LogP contribution in [0.25, 0.3) is 0 Å². The number of nitrogens with zero attached hydrogens (tertiary/aromatic N) is 2. The summed E-state index contributed by atoms with van der Waals surface area (Å²) in [6, 6.07) is 10.7. The van der Waals surface area contributed by atoms with E-state index in [-0.39, 0.29) is 28.2 Å². The van der Waals surface area contributed by atoms with Crippen LogP contribution in [0.4, 0.5) is 5.69 Å². The third kappa shape index (κ3) is 7.10. The van der Waals surface area contributed by atoms with Gasteiger partial charge in [-0.15, -0.1) is 0 Å². The number of carbonyl (C=O) groups is 2. The van der Waals surface area contributed by atoms with Gasteiger partial charge in [0.15, 0.2) is 0 Å². The van der Waals surface area contributed by atoms with Gasteiger partial charge in [-0.3, -0.25) is 13.9 Å². The number of amides is 2. The van der Waals surface area contributed by atoms with E-state index >= 15 is 0 Å². The van der Waals surface area contributed by atoms with Gasteiger partial charge in [-0.1, -0.05) is 51.3 Å². The maximum atomic E-state index is 13.2.